The van der Waals surface area contributed by atoms with Gasteiger partial charge in [-0.05, 0) is 72.1 Å². The molecule has 0 saturated heterocycles. The fourth-order valence-electron chi connectivity index (χ4n) is 3.52. The van der Waals surface area contributed by atoms with Crippen LogP contribution in [0.3, 0.4) is 0 Å². The number of carbonyl (C=O) groups is 1. The van der Waals surface area contributed by atoms with Gasteiger partial charge < -0.3 is 23.8 Å². The highest BCUT2D eigenvalue weighted by molar-refractivity contribution is 7.22. The maximum atomic E-state index is 13.9. The Morgan fingerprint density at radius 2 is 1.47 bits per heavy atom. The Kier molecular flexibility index (Phi) is 11.6. The summed E-state index contributed by atoms with van der Waals surface area (Å²) in [5, 5.41) is 0.630. The molecule has 3 aromatic rings. The van der Waals surface area contributed by atoms with E-state index in [2.05, 4.69) is 0 Å². The molecule has 36 heavy (non-hydrogen) atoms. The van der Waals surface area contributed by atoms with Gasteiger partial charge in [-0.25, -0.2) is 4.98 Å². The second-order valence-corrected chi connectivity index (χ2v) is 8.93. The van der Waals surface area contributed by atoms with E-state index in [4.69, 9.17) is 23.9 Å². The maximum Gasteiger partial charge on any atom is 0.260 e. The summed E-state index contributed by atoms with van der Waals surface area (Å²) in [6, 6.07) is 9.24. The summed E-state index contributed by atoms with van der Waals surface area (Å²) in [7, 11) is 3.96. The van der Waals surface area contributed by atoms with E-state index in [1.807, 2.05) is 64.9 Å². The fraction of sp³-hybridized carbons (Fsp3) is 0.462. The van der Waals surface area contributed by atoms with E-state index in [-0.39, 0.29) is 18.3 Å². The van der Waals surface area contributed by atoms with Crippen molar-refractivity contribution < 1.29 is 23.7 Å². The van der Waals surface area contributed by atoms with E-state index in [0.717, 1.165) is 16.0 Å². The fourth-order valence-corrected chi connectivity index (χ4v) is 4.54. The first-order chi connectivity index (χ1) is 16.9. The van der Waals surface area contributed by atoms with E-state index in [0.29, 0.717) is 67.5 Å². The van der Waals surface area contributed by atoms with Crippen LogP contribution in [0.1, 0.15) is 38.1 Å². The zero-order valence-corrected chi connectivity index (χ0v) is 23.5. The minimum absolute atomic E-state index is 0. The van der Waals surface area contributed by atoms with Gasteiger partial charge in [-0.2, -0.15) is 0 Å². The van der Waals surface area contributed by atoms with Gasteiger partial charge in [0, 0.05) is 18.7 Å². The van der Waals surface area contributed by atoms with Crippen molar-refractivity contribution in [3.05, 3.63) is 35.9 Å². The molecule has 0 aliphatic carbocycles. The zero-order chi connectivity index (χ0) is 25.4. The van der Waals surface area contributed by atoms with Crippen LogP contribution in [0, 0.1) is 0 Å². The van der Waals surface area contributed by atoms with Crippen molar-refractivity contribution in [1.29, 1.82) is 0 Å². The Balaban J connectivity index is 0.00000456. The number of anilines is 1. The first-order valence-electron chi connectivity index (χ1n) is 12.0. The highest BCUT2D eigenvalue weighted by Gasteiger charge is 2.25. The molecule has 0 aliphatic heterocycles. The van der Waals surface area contributed by atoms with Crippen molar-refractivity contribution >= 4 is 45.0 Å². The lowest BCUT2D eigenvalue weighted by Gasteiger charge is -2.23. The number of carbonyl (C=O) groups excluding carboxylic acids is 1. The second kappa shape index (κ2) is 14.1. The van der Waals surface area contributed by atoms with Crippen LogP contribution in [0.5, 0.6) is 23.0 Å². The minimum atomic E-state index is -0.180. The quantitative estimate of drug-likeness (QED) is 0.284. The molecule has 0 fully saturated rings. The van der Waals surface area contributed by atoms with Crippen LogP contribution < -0.4 is 23.8 Å². The molecule has 0 spiro atoms. The number of ether oxygens (including phenoxy) is 4. The smallest absolute Gasteiger partial charge is 0.260 e. The van der Waals surface area contributed by atoms with Gasteiger partial charge in [0.05, 0.1) is 36.6 Å². The third-order valence-corrected chi connectivity index (χ3v) is 6.10. The molecule has 8 nitrogen and oxygen atoms in total. The third kappa shape index (κ3) is 7.15. The molecule has 1 amide bonds. The molecule has 0 bridgehead atoms. The molecule has 2 aromatic carbocycles. The van der Waals surface area contributed by atoms with Gasteiger partial charge in [0.1, 0.15) is 5.75 Å². The van der Waals surface area contributed by atoms with Crippen molar-refractivity contribution in [3.63, 3.8) is 0 Å². The van der Waals surface area contributed by atoms with Crippen LogP contribution >= 0.6 is 23.7 Å². The first-order valence-corrected chi connectivity index (χ1v) is 12.8. The molecule has 198 valence electrons. The van der Waals surface area contributed by atoms with E-state index in [1.165, 1.54) is 11.3 Å². The average Bonchev–Trinajstić information content (AvgIpc) is 3.24. The van der Waals surface area contributed by atoms with Crippen LogP contribution in [0.4, 0.5) is 5.13 Å². The average molecular weight is 538 g/mol. The number of fused-ring (bicyclic) bond motifs is 1. The summed E-state index contributed by atoms with van der Waals surface area (Å²) < 4.78 is 24.0. The molecule has 1 aromatic heterocycles. The number of amides is 1. The van der Waals surface area contributed by atoms with Gasteiger partial charge in [-0.3, -0.25) is 9.69 Å². The van der Waals surface area contributed by atoms with Crippen molar-refractivity contribution in [2.45, 2.75) is 27.7 Å². The summed E-state index contributed by atoms with van der Waals surface area (Å²) in [5.74, 6) is 2.09. The van der Waals surface area contributed by atoms with Gasteiger partial charge in [0.15, 0.2) is 16.6 Å². The zero-order valence-electron chi connectivity index (χ0n) is 21.8. The Labute approximate surface area is 223 Å². The summed E-state index contributed by atoms with van der Waals surface area (Å²) in [5.41, 5.74) is 1.28. The topological polar surface area (TPSA) is 73.4 Å². The normalized spacial score (nSPS) is 10.8. The van der Waals surface area contributed by atoms with Crippen molar-refractivity contribution in [3.8, 4) is 23.0 Å². The monoisotopic (exact) mass is 537 g/mol. The van der Waals surface area contributed by atoms with Gasteiger partial charge in [-0.15, -0.1) is 12.4 Å². The first kappa shape index (κ1) is 29.5. The summed E-state index contributed by atoms with van der Waals surface area (Å²) in [6.07, 6.45) is 0. The summed E-state index contributed by atoms with van der Waals surface area (Å²) >= 11 is 1.47. The number of thiazole rings is 1. The van der Waals surface area contributed by atoms with Crippen LogP contribution in [0.2, 0.25) is 0 Å². The van der Waals surface area contributed by atoms with Gasteiger partial charge >= 0.3 is 0 Å². The minimum Gasteiger partial charge on any atom is -0.494 e. The van der Waals surface area contributed by atoms with E-state index < -0.39 is 0 Å². The Bertz CT molecular complexity index is 1110. The van der Waals surface area contributed by atoms with E-state index >= 15 is 0 Å². The number of halogens is 1. The van der Waals surface area contributed by atoms with Crippen LogP contribution in [0.15, 0.2) is 30.3 Å². The van der Waals surface area contributed by atoms with Crippen LogP contribution in [0.25, 0.3) is 10.2 Å². The molecule has 0 radical (unpaired) electrons. The predicted molar refractivity (Wildman–Crippen MR) is 148 cm³/mol. The molecule has 0 saturated carbocycles. The van der Waals surface area contributed by atoms with Crippen molar-refractivity contribution in [2.24, 2.45) is 0 Å². The number of hydrogen-bond donors (Lipinski definition) is 0. The SMILES string of the molecule is CCOc1ccc2nc(N(CCN(C)C)C(=O)c3cc(OCC)c(OCC)c(OCC)c3)sc2c1.Cl. The van der Waals surface area contributed by atoms with E-state index in [1.54, 1.807) is 17.0 Å². The number of benzene rings is 2. The highest BCUT2D eigenvalue weighted by Crippen LogP contribution is 2.40. The molecule has 0 unspecified atom stereocenters. The molecule has 0 aliphatic rings. The molecule has 3 rings (SSSR count). The van der Waals surface area contributed by atoms with Crippen LogP contribution in [-0.4, -0.2) is 69.4 Å². The number of aromatic nitrogens is 1. The largest absolute Gasteiger partial charge is 0.494 e. The lowest BCUT2D eigenvalue weighted by atomic mass is 10.1. The van der Waals surface area contributed by atoms with E-state index in [9.17, 15) is 4.79 Å². The summed E-state index contributed by atoms with van der Waals surface area (Å²) in [4.78, 5) is 22.4. The number of nitrogens with zero attached hydrogens (tertiary/aromatic N) is 3. The Morgan fingerprint density at radius 3 is 2.03 bits per heavy atom. The van der Waals surface area contributed by atoms with Crippen LogP contribution in [-0.2, 0) is 0 Å². The lowest BCUT2D eigenvalue weighted by Crippen LogP contribution is -2.36. The number of rotatable bonds is 13. The highest BCUT2D eigenvalue weighted by atomic mass is 35.5. The van der Waals surface area contributed by atoms with Gasteiger partial charge in [-0.1, -0.05) is 11.3 Å². The Morgan fingerprint density at radius 1 is 0.861 bits per heavy atom. The Hall–Kier alpha value is -2.75. The molecule has 0 N–H and O–H groups in total. The second-order valence-electron chi connectivity index (χ2n) is 7.92. The molecule has 1 heterocycles. The predicted octanol–water partition coefficient (Wildman–Crippen LogP) is 5.52. The van der Waals surface area contributed by atoms with Crippen molar-refractivity contribution in [2.75, 3.05) is 58.5 Å². The number of hydrogen-bond acceptors (Lipinski definition) is 8. The standard InChI is InChI=1S/C26H35N3O5S.ClH/c1-7-31-19-11-12-20-23(17-19)35-26(27-20)29(14-13-28(5)6)25(30)18-15-21(32-8-2)24(34-10-4)22(16-18)33-9-3;/h11-12,15-17H,7-10,13-14H2,1-6H3;1H. The molecule has 10 heteroatoms. The van der Waals surface area contributed by atoms with Gasteiger partial charge in [0.2, 0.25) is 5.75 Å². The summed E-state index contributed by atoms with van der Waals surface area (Å²) in [6.45, 7) is 10.7. The lowest BCUT2D eigenvalue weighted by molar-refractivity contribution is 0.0984. The van der Waals surface area contributed by atoms with Gasteiger partial charge in [0.25, 0.3) is 5.91 Å². The maximum absolute atomic E-state index is 13.9. The molecular formula is C26H36ClN3O5S. The van der Waals surface area contributed by atoms with Crippen molar-refractivity contribution in [1.82, 2.24) is 9.88 Å². The number of likely N-dealkylation sites (N-methyl/N-ethyl adjacent to an activating group) is 1. The third-order valence-electron chi connectivity index (χ3n) is 5.06. The molecular weight excluding hydrogens is 502 g/mol. The molecule has 0 atom stereocenters.